The highest BCUT2D eigenvalue weighted by molar-refractivity contribution is 5.98. The molecule has 8 heteroatoms. The van der Waals surface area contributed by atoms with E-state index in [0.717, 1.165) is 0 Å². The topological polar surface area (TPSA) is 103 Å². The molecule has 0 spiro atoms. The van der Waals surface area contributed by atoms with Crippen molar-refractivity contribution < 1.29 is 28.6 Å². The van der Waals surface area contributed by atoms with E-state index in [9.17, 15) is 14.4 Å². The van der Waals surface area contributed by atoms with E-state index in [0.29, 0.717) is 35.1 Å². The van der Waals surface area contributed by atoms with Gasteiger partial charge in [0.25, 0.3) is 11.8 Å². The van der Waals surface area contributed by atoms with Crippen LogP contribution < -0.4 is 20.1 Å². The smallest absolute Gasteiger partial charge is 0.326 e. The van der Waals surface area contributed by atoms with Gasteiger partial charge >= 0.3 is 5.97 Å². The van der Waals surface area contributed by atoms with Crippen molar-refractivity contribution in [3.8, 4) is 17.2 Å². The quantitative estimate of drug-likeness (QED) is 0.438. The molecule has 0 radical (unpaired) electrons. The third kappa shape index (κ3) is 7.09. The molecule has 2 amide bonds. The molecule has 1 unspecified atom stereocenters. The fraction of sp³-hybridized carbons (Fsp3) is 0.192. The van der Waals surface area contributed by atoms with Gasteiger partial charge in [0.2, 0.25) is 0 Å². The summed E-state index contributed by atoms with van der Waals surface area (Å²) in [6.45, 7) is 3.35. The van der Waals surface area contributed by atoms with E-state index in [1.807, 2.05) is 37.3 Å². The largest absolute Gasteiger partial charge is 0.492 e. The molecule has 0 aromatic heterocycles. The molecule has 0 heterocycles. The minimum Gasteiger partial charge on any atom is -0.492 e. The summed E-state index contributed by atoms with van der Waals surface area (Å²) in [4.78, 5) is 36.8. The predicted octanol–water partition coefficient (Wildman–Crippen LogP) is 4.18. The normalized spacial score (nSPS) is 11.1. The van der Waals surface area contributed by atoms with Gasteiger partial charge in [-0.05, 0) is 62.4 Å². The fourth-order valence-corrected chi connectivity index (χ4v) is 2.93. The van der Waals surface area contributed by atoms with E-state index in [1.165, 1.54) is 6.92 Å². The molecule has 34 heavy (non-hydrogen) atoms. The van der Waals surface area contributed by atoms with Gasteiger partial charge in [-0.1, -0.05) is 30.3 Å². The second-order valence-corrected chi connectivity index (χ2v) is 7.17. The predicted molar refractivity (Wildman–Crippen MR) is 127 cm³/mol. The molecule has 3 aromatic rings. The van der Waals surface area contributed by atoms with Crippen molar-refractivity contribution >= 4 is 23.5 Å². The Morgan fingerprint density at radius 2 is 1.50 bits per heavy atom. The van der Waals surface area contributed by atoms with Crippen LogP contribution in [-0.2, 0) is 14.3 Å². The lowest BCUT2D eigenvalue weighted by atomic mass is 10.2. The number of ether oxygens (including phenoxy) is 3. The van der Waals surface area contributed by atoms with Crippen molar-refractivity contribution in [2.24, 2.45) is 0 Å². The number of hydrogen-bond donors (Lipinski definition) is 2. The Morgan fingerprint density at radius 3 is 2.21 bits per heavy atom. The van der Waals surface area contributed by atoms with Crippen molar-refractivity contribution in [3.05, 3.63) is 84.4 Å². The van der Waals surface area contributed by atoms with Crippen LogP contribution in [-0.4, -0.2) is 37.0 Å². The molecule has 1 atom stereocenters. The molecule has 3 aromatic carbocycles. The van der Waals surface area contributed by atoms with Crippen LogP contribution >= 0.6 is 0 Å². The Kier molecular flexibility index (Phi) is 8.62. The van der Waals surface area contributed by atoms with Gasteiger partial charge in [-0.15, -0.1) is 0 Å². The first-order chi connectivity index (χ1) is 16.5. The molecule has 0 aliphatic carbocycles. The highest BCUT2D eigenvalue weighted by Gasteiger charge is 2.20. The van der Waals surface area contributed by atoms with Gasteiger partial charge in [-0.3, -0.25) is 14.4 Å². The number of benzene rings is 3. The van der Waals surface area contributed by atoms with Crippen molar-refractivity contribution in [2.45, 2.75) is 20.0 Å². The summed E-state index contributed by atoms with van der Waals surface area (Å²) in [5, 5.41) is 5.16. The summed E-state index contributed by atoms with van der Waals surface area (Å²) in [5.74, 6) is 0.0733. The van der Waals surface area contributed by atoms with E-state index >= 15 is 0 Å². The average molecular weight is 463 g/mol. The number of rotatable bonds is 10. The van der Waals surface area contributed by atoms with Crippen molar-refractivity contribution in [2.75, 3.05) is 18.5 Å². The molecule has 0 bridgehead atoms. The van der Waals surface area contributed by atoms with Crippen molar-refractivity contribution in [1.29, 1.82) is 0 Å². The Balaban J connectivity index is 1.45. The number of amides is 2. The molecule has 0 fully saturated rings. The number of nitrogens with one attached hydrogen (secondary N) is 2. The van der Waals surface area contributed by atoms with Crippen LogP contribution in [0.4, 0.5) is 5.69 Å². The van der Waals surface area contributed by atoms with E-state index in [4.69, 9.17) is 14.2 Å². The zero-order valence-corrected chi connectivity index (χ0v) is 18.9. The summed E-state index contributed by atoms with van der Waals surface area (Å²) in [6, 6.07) is 22.7. The number of anilines is 1. The van der Waals surface area contributed by atoms with E-state index in [1.54, 1.807) is 48.5 Å². The third-order valence-electron chi connectivity index (χ3n) is 4.61. The molecule has 0 saturated heterocycles. The first kappa shape index (κ1) is 24.3. The SMILES string of the molecule is CCOc1ccccc1NC(=O)C(C)OC(=O)CNC(=O)c1ccc(Oc2ccccc2)cc1. The van der Waals surface area contributed by atoms with Crippen molar-refractivity contribution in [3.63, 3.8) is 0 Å². The zero-order chi connectivity index (χ0) is 24.3. The molecular weight excluding hydrogens is 436 g/mol. The molecule has 2 N–H and O–H groups in total. The number of carbonyl (C=O) groups excluding carboxylic acids is 3. The lowest BCUT2D eigenvalue weighted by Gasteiger charge is -2.16. The van der Waals surface area contributed by atoms with Crippen LogP contribution in [0.1, 0.15) is 24.2 Å². The molecule has 3 rings (SSSR count). The Labute approximate surface area is 197 Å². The second kappa shape index (κ2) is 12.1. The zero-order valence-electron chi connectivity index (χ0n) is 18.9. The van der Waals surface area contributed by atoms with Gasteiger partial charge in [0.1, 0.15) is 23.8 Å². The van der Waals surface area contributed by atoms with E-state index in [2.05, 4.69) is 10.6 Å². The van der Waals surface area contributed by atoms with Gasteiger partial charge < -0.3 is 24.8 Å². The number of para-hydroxylation sites is 3. The minimum atomic E-state index is -1.06. The molecule has 0 saturated carbocycles. The number of esters is 1. The van der Waals surface area contributed by atoms with Crippen LogP contribution in [0.3, 0.4) is 0 Å². The minimum absolute atomic E-state index is 0.353. The number of carbonyl (C=O) groups is 3. The van der Waals surface area contributed by atoms with Gasteiger partial charge in [0, 0.05) is 5.56 Å². The molecule has 8 nitrogen and oxygen atoms in total. The first-order valence-corrected chi connectivity index (χ1v) is 10.8. The monoisotopic (exact) mass is 462 g/mol. The summed E-state index contributed by atoms with van der Waals surface area (Å²) in [7, 11) is 0. The van der Waals surface area contributed by atoms with Crippen molar-refractivity contribution in [1.82, 2.24) is 5.32 Å². The maximum atomic E-state index is 12.4. The van der Waals surface area contributed by atoms with Gasteiger partial charge in [-0.2, -0.15) is 0 Å². The Bertz CT molecular complexity index is 1120. The molecule has 176 valence electrons. The molecule has 0 aliphatic heterocycles. The maximum Gasteiger partial charge on any atom is 0.326 e. The number of hydrogen-bond acceptors (Lipinski definition) is 6. The highest BCUT2D eigenvalue weighted by Crippen LogP contribution is 2.24. The van der Waals surface area contributed by atoms with E-state index < -0.39 is 23.9 Å². The second-order valence-electron chi connectivity index (χ2n) is 7.17. The Hall–Kier alpha value is -4.33. The summed E-state index contributed by atoms with van der Waals surface area (Å²) >= 11 is 0. The van der Waals surface area contributed by atoms with Crippen LogP contribution in [0, 0.1) is 0 Å². The lowest BCUT2D eigenvalue weighted by Crippen LogP contribution is -2.35. The Morgan fingerprint density at radius 1 is 0.853 bits per heavy atom. The lowest BCUT2D eigenvalue weighted by molar-refractivity contribution is -0.152. The van der Waals surface area contributed by atoms with E-state index in [-0.39, 0.29) is 6.54 Å². The van der Waals surface area contributed by atoms with Gasteiger partial charge in [-0.25, -0.2) is 0 Å². The third-order valence-corrected chi connectivity index (χ3v) is 4.61. The molecular formula is C26H26N2O6. The fourth-order valence-electron chi connectivity index (χ4n) is 2.93. The molecule has 0 aliphatic rings. The standard InChI is InChI=1S/C26H26N2O6/c1-3-32-23-12-8-7-11-22(23)28-25(30)18(2)33-24(29)17-27-26(31)19-13-15-21(16-14-19)34-20-9-5-4-6-10-20/h4-16,18H,3,17H2,1-2H3,(H,27,31)(H,28,30). The maximum absolute atomic E-state index is 12.4. The summed E-state index contributed by atoms with van der Waals surface area (Å²) < 4.78 is 16.3. The first-order valence-electron chi connectivity index (χ1n) is 10.8. The van der Waals surface area contributed by atoms with Crippen LogP contribution in [0.25, 0.3) is 0 Å². The highest BCUT2D eigenvalue weighted by atomic mass is 16.5. The van der Waals surface area contributed by atoms with Crippen LogP contribution in [0.15, 0.2) is 78.9 Å². The van der Waals surface area contributed by atoms with Crippen LogP contribution in [0.5, 0.6) is 17.2 Å². The summed E-state index contributed by atoms with van der Waals surface area (Å²) in [5.41, 5.74) is 0.830. The van der Waals surface area contributed by atoms with Crippen LogP contribution in [0.2, 0.25) is 0 Å². The van der Waals surface area contributed by atoms with Gasteiger partial charge in [0.05, 0.1) is 12.3 Å². The average Bonchev–Trinajstić information content (AvgIpc) is 2.85. The summed E-state index contributed by atoms with van der Waals surface area (Å²) in [6.07, 6.45) is -1.06. The van der Waals surface area contributed by atoms with Gasteiger partial charge in [0.15, 0.2) is 6.10 Å².